The predicted molar refractivity (Wildman–Crippen MR) is 102 cm³/mol. The first-order valence-corrected chi connectivity index (χ1v) is 10.7. The molecular weight excluding hydrogens is 423 g/mol. The second kappa shape index (κ2) is 7.51. The van der Waals surface area contributed by atoms with Gasteiger partial charge in [-0.1, -0.05) is 0 Å². The normalized spacial score (nSPS) is 17.8. The molecule has 0 saturated carbocycles. The van der Waals surface area contributed by atoms with Crippen molar-refractivity contribution in [3.8, 4) is 0 Å². The monoisotopic (exact) mass is 441 g/mol. The molecule has 12 heteroatoms. The summed E-state index contributed by atoms with van der Waals surface area (Å²) in [5, 5.41) is 7.84. The predicted octanol–water partition coefficient (Wildman–Crippen LogP) is 1.44. The number of aromatic nitrogens is 2. The van der Waals surface area contributed by atoms with Gasteiger partial charge in [-0.05, 0) is 42.3 Å². The summed E-state index contributed by atoms with van der Waals surface area (Å²) in [4.78, 5) is 14.2. The summed E-state index contributed by atoms with van der Waals surface area (Å²) >= 11 is 0. The Kier molecular flexibility index (Phi) is 5.14. The second-order valence-corrected chi connectivity index (χ2v) is 8.91. The molecule has 2 aliphatic heterocycles. The average molecular weight is 441 g/mol. The minimum absolute atomic E-state index is 0.00973. The van der Waals surface area contributed by atoms with Crippen LogP contribution in [-0.2, 0) is 21.2 Å². The Morgan fingerprint density at radius 2 is 1.77 bits per heavy atom. The molecule has 1 aromatic heterocycles. The number of benzene rings is 1. The summed E-state index contributed by atoms with van der Waals surface area (Å²) < 4.78 is 65.7. The van der Waals surface area contributed by atoms with Crippen LogP contribution in [0.25, 0.3) is 0 Å². The highest BCUT2D eigenvalue weighted by atomic mass is 32.2. The fourth-order valence-electron chi connectivity index (χ4n) is 3.67. The first-order chi connectivity index (χ1) is 14.2. The van der Waals surface area contributed by atoms with Gasteiger partial charge in [0.15, 0.2) is 5.82 Å². The topological polar surface area (TPSA) is 86.7 Å². The number of rotatable bonds is 3. The molecule has 1 aromatic carbocycles. The molecule has 2 aliphatic rings. The minimum atomic E-state index is -4.98. The van der Waals surface area contributed by atoms with Crippen LogP contribution in [0, 0.1) is 0 Å². The molecule has 1 saturated heterocycles. The highest BCUT2D eigenvalue weighted by Gasteiger charge is 2.45. The fraction of sp³-hybridized carbons (Fsp3) is 0.389. The summed E-state index contributed by atoms with van der Waals surface area (Å²) in [6, 6.07) is 7.44. The van der Waals surface area contributed by atoms with Gasteiger partial charge in [-0.3, -0.25) is 4.79 Å². The molecule has 4 rings (SSSR count). The fourth-order valence-corrected chi connectivity index (χ4v) is 5.14. The van der Waals surface area contributed by atoms with E-state index >= 15 is 0 Å². The lowest BCUT2D eigenvalue weighted by molar-refractivity contribution is -0.170. The number of hydrogen-bond donors (Lipinski definition) is 0. The van der Waals surface area contributed by atoms with E-state index in [0.717, 1.165) is 0 Å². The molecular formula is C18H18F3N5O3S. The molecule has 0 radical (unpaired) electrons. The van der Waals surface area contributed by atoms with Crippen LogP contribution in [0.3, 0.4) is 0 Å². The number of hydrogen-bond acceptors (Lipinski definition) is 6. The zero-order valence-corrected chi connectivity index (χ0v) is 16.5. The van der Waals surface area contributed by atoms with E-state index in [1.165, 1.54) is 22.5 Å². The Labute approximate surface area is 171 Å². The van der Waals surface area contributed by atoms with Crippen molar-refractivity contribution in [2.45, 2.75) is 17.5 Å². The van der Waals surface area contributed by atoms with E-state index in [-0.39, 0.29) is 36.6 Å². The molecule has 0 spiro atoms. The molecule has 30 heavy (non-hydrogen) atoms. The van der Waals surface area contributed by atoms with E-state index in [2.05, 4.69) is 10.2 Å². The van der Waals surface area contributed by atoms with Crippen molar-refractivity contribution in [3.63, 3.8) is 0 Å². The van der Waals surface area contributed by atoms with Gasteiger partial charge >= 0.3 is 12.1 Å². The van der Waals surface area contributed by atoms with E-state index < -0.39 is 22.1 Å². The summed E-state index contributed by atoms with van der Waals surface area (Å²) in [5.74, 6) is -1.28. The van der Waals surface area contributed by atoms with Crippen LogP contribution < -0.4 is 9.80 Å². The van der Waals surface area contributed by atoms with Gasteiger partial charge in [0.2, 0.25) is 10.0 Å². The second-order valence-electron chi connectivity index (χ2n) is 6.97. The zero-order valence-electron chi connectivity index (χ0n) is 15.7. The van der Waals surface area contributed by atoms with Crippen LogP contribution in [0.15, 0.2) is 41.4 Å². The van der Waals surface area contributed by atoms with Gasteiger partial charge in [0, 0.05) is 44.6 Å². The van der Waals surface area contributed by atoms with Crippen molar-refractivity contribution < 1.29 is 26.4 Å². The molecule has 8 nitrogen and oxygen atoms in total. The standard InChI is InChI=1S/C18H18F3N5O3S/c19-18(20,21)17(27)26-7-5-13-12-14(3-4-15(13)26)30(28,29)25-10-8-24(9-11-25)16-2-1-6-22-23-16/h1-4,6,12H,5,7-11H2. The molecule has 0 bridgehead atoms. The lowest BCUT2D eigenvalue weighted by Gasteiger charge is -2.34. The Morgan fingerprint density at radius 3 is 2.40 bits per heavy atom. The van der Waals surface area contributed by atoms with E-state index in [1.807, 2.05) is 4.90 Å². The van der Waals surface area contributed by atoms with Crippen molar-refractivity contribution in [2.24, 2.45) is 0 Å². The van der Waals surface area contributed by atoms with Crippen molar-refractivity contribution in [1.29, 1.82) is 0 Å². The van der Waals surface area contributed by atoms with Crippen LogP contribution in [-0.4, -0.2) is 67.7 Å². The minimum Gasteiger partial charge on any atom is -0.352 e. The number of sulfonamides is 1. The van der Waals surface area contributed by atoms with Gasteiger partial charge in [-0.2, -0.15) is 22.6 Å². The van der Waals surface area contributed by atoms with Crippen molar-refractivity contribution in [2.75, 3.05) is 42.5 Å². The Morgan fingerprint density at radius 1 is 1.03 bits per heavy atom. The van der Waals surface area contributed by atoms with Crippen molar-refractivity contribution in [1.82, 2.24) is 14.5 Å². The number of fused-ring (bicyclic) bond motifs is 1. The highest BCUT2D eigenvalue weighted by Crippen LogP contribution is 2.34. The number of anilines is 2. The van der Waals surface area contributed by atoms with E-state index in [9.17, 15) is 26.4 Å². The maximum Gasteiger partial charge on any atom is 0.471 e. The van der Waals surface area contributed by atoms with E-state index in [4.69, 9.17) is 0 Å². The molecule has 2 aromatic rings. The van der Waals surface area contributed by atoms with Crippen LogP contribution in [0.5, 0.6) is 0 Å². The van der Waals surface area contributed by atoms with E-state index in [1.54, 1.807) is 18.3 Å². The molecule has 0 unspecified atom stereocenters. The van der Waals surface area contributed by atoms with Crippen LogP contribution in [0.2, 0.25) is 0 Å². The van der Waals surface area contributed by atoms with Crippen LogP contribution in [0.1, 0.15) is 5.56 Å². The molecule has 1 amide bonds. The van der Waals surface area contributed by atoms with Gasteiger partial charge in [0.1, 0.15) is 0 Å². The van der Waals surface area contributed by atoms with E-state index in [0.29, 0.717) is 29.4 Å². The molecule has 3 heterocycles. The summed E-state index contributed by atoms with van der Waals surface area (Å²) in [6.07, 6.45) is -3.25. The number of piperazine rings is 1. The molecule has 0 atom stereocenters. The van der Waals surface area contributed by atoms with Crippen LogP contribution in [0.4, 0.5) is 24.7 Å². The molecule has 1 fully saturated rings. The van der Waals surface area contributed by atoms with Gasteiger partial charge in [-0.25, -0.2) is 8.42 Å². The summed E-state index contributed by atoms with van der Waals surface area (Å²) in [7, 11) is -3.81. The smallest absolute Gasteiger partial charge is 0.352 e. The molecule has 160 valence electrons. The largest absolute Gasteiger partial charge is 0.471 e. The summed E-state index contributed by atoms with van der Waals surface area (Å²) in [5.41, 5.74) is 0.510. The Balaban J connectivity index is 1.50. The molecule has 0 N–H and O–H groups in total. The van der Waals surface area contributed by atoms with Crippen molar-refractivity contribution >= 4 is 27.4 Å². The maximum atomic E-state index is 13.0. The first-order valence-electron chi connectivity index (χ1n) is 9.22. The third kappa shape index (κ3) is 3.72. The van der Waals surface area contributed by atoms with Gasteiger partial charge in [-0.15, -0.1) is 5.10 Å². The number of amides is 1. The quantitative estimate of drug-likeness (QED) is 0.717. The van der Waals surface area contributed by atoms with Crippen molar-refractivity contribution in [3.05, 3.63) is 42.1 Å². The SMILES string of the molecule is O=C(N1CCc2cc(S(=O)(=O)N3CCN(c4cccnn4)CC3)ccc21)C(F)(F)F. The lowest BCUT2D eigenvalue weighted by Crippen LogP contribution is -2.49. The molecule has 0 aliphatic carbocycles. The Hall–Kier alpha value is -2.73. The van der Waals surface area contributed by atoms with Crippen LogP contribution >= 0.6 is 0 Å². The lowest BCUT2D eigenvalue weighted by atomic mass is 10.2. The number of halogens is 3. The Bertz CT molecular complexity index is 1050. The highest BCUT2D eigenvalue weighted by molar-refractivity contribution is 7.89. The number of alkyl halides is 3. The first kappa shape index (κ1) is 20.5. The average Bonchev–Trinajstić information content (AvgIpc) is 3.16. The van der Waals surface area contributed by atoms with Gasteiger partial charge in [0.05, 0.1) is 4.90 Å². The third-order valence-electron chi connectivity index (χ3n) is 5.19. The summed E-state index contributed by atoms with van der Waals surface area (Å²) in [6.45, 7) is 1.24. The zero-order chi connectivity index (χ0) is 21.5. The maximum absolute atomic E-state index is 13.0. The van der Waals surface area contributed by atoms with Gasteiger partial charge in [0.25, 0.3) is 0 Å². The third-order valence-corrected chi connectivity index (χ3v) is 7.09. The number of carbonyl (C=O) groups is 1. The number of nitrogens with zero attached hydrogens (tertiary/aromatic N) is 5. The number of carbonyl (C=O) groups excluding carboxylic acids is 1. The van der Waals surface area contributed by atoms with Gasteiger partial charge < -0.3 is 9.80 Å².